The zero-order valence-electron chi connectivity index (χ0n) is 59.7. The van der Waals surface area contributed by atoms with Crippen LogP contribution in [0.2, 0.25) is 0 Å². The third-order valence-corrected chi connectivity index (χ3v) is 16.5. The molecule has 2 unspecified atom stereocenters. The van der Waals surface area contributed by atoms with Crippen LogP contribution in [0.5, 0.6) is 0 Å². The first kappa shape index (κ1) is 82.4. The highest BCUT2D eigenvalue weighted by Gasteiger charge is 2.44. The molecule has 0 aliphatic carbocycles. The number of nitrogens with zero attached hydrogens (tertiary/aromatic N) is 6. The van der Waals surface area contributed by atoms with Crippen molar-refractivity contribution in [2.45, 2.75) is 243 Å². The molecule has 25 heteroatoms. The number of nitrogens with one attached hydrogen (secondary N) is 5. The minimum absolute atomic E-state index is 0.121. The largest absolute Gasteiger partial charge is 0.461 e. The molecule has 5 N–H and O–H groups in total. The summed E-state index contributed by atoms with van der Waals surface area (Å²) in [6.45, 7) is 31.6. The number of rotatable bonds is 18. The lowest BCUT2D eigenvalue weighted by Crippen LogP contribution is -2.63. The summed E-state index contributed by atoms with van der Waals surface area (Å²) in [7, 11) is 8.59. The average Bonchev–Trinajstić information content (AvgIpc) is 0.974. The van der Waals surface area contributed by atoms with Crippen LogP contribution in [0.1, 0.15) is 170 Å². The molecule has 1 fully saturated rings. The number of hydrogen-bond donors (Lipinski definition) is 5. The smallest absolute Gasteiger partial charge is 0.302 e. The van der Waals surface area contributed by atoms with Crippen molar-refractivity contribution in [3.8, 4) is 0 Å². The van der Waals surface area contributed by atoms with E-state index in [2.05, 4.69) is 26.6 Å². The fourth-order valence-corrected chi connectivity index (χ4v) is 11.4. The summed E-state index contributed by atoms with van der Waals surface area (Å²) >= 11 is 0. The molecule has 520 valence electrons. The molecule has 1 aliphatic heterocycles. The predicted molar refractivity (Wildman–Crippen MR) is 349 cm³/mol. The van der Waals surface area contributed by atoms with Crippen molar-refractivity contribution < 1.29 is 67.0 Å². The maximum absolute atomic E-state index is 15.5. The fourth-order valence-electron chi connectivity index (χ4n) is 11.4. The van der Waals surface area contributed by atoms with Gasteiger partial charge in [0.2, 0.25) is 59.1 Å². The van der Waals surface area contributed by atoms with Crippen LogP contribution >= 0.6 is 0 Å². The zero-order chi connectivity index (χ0) is 70.4. The Morgan fingerprint density at radius 1 is 0.495 bits per heavy atom. The quantitative estimate of drug-likeness (QED) is 0.0961. The van der Waals surface area contributed by atoms with Gasteiger partial charge in [0.05, 0.1) is 12.6 Å². The number of allylic oxidation sites excluding steroid dienone is 2. The molecule has 0 aromatic heterocycles. The Morgan fingerprint density at radius 3 is 1.32 bits per heavy atom. The van der Waals surface area contributed by atoms with Crippen LogP contribution in [-0.4, -0.2) is 228 Å². The van der Waals surface area contributed by atoms with Gasteiger partial charge in [0.15, 0.2) is 0 Å². The summed E-state index contributed by atoms with van der Waals surface area (Å²) < 4.78 is 11.7. The lowest BCUT2D eigenvalue weighted by Gasteiger charge is -2.42. The second-order valence-electron chi connectivity index (χ2n) is 27.6. The standard InChI is InChI=1S/C66H117N11O14/c1-26-27-28-42(14)57(91-47(19)79)53-34-67-55(45(17)90-46(18)78)65(88)72(20)35-54(80)73(21)50(31-38(6)7)60(83)70-48(29-36(2)3)63(86)75(23)51(32-39(8)9)59(82)68-43(15)58(81)69-44(16)62(85)74(22)52(33-40(10)11)61(84)71-49(30-37(4)5)64(87)77(25)56(41(12)13)66(89)76(53)24/h26-27,36-45,48-53,55-57,67H,28-35H2,1-25H3,(H,68,82)(H,69,81)(H,70,83)(H,71,84)/b27-26+/t42?,43-,44+,45+,48-,49-,50-,51-,52-,53+,55-,56-,57?/m0/s1. The van der Waals surface area contributed by atoms with Crippen molar-refractivity contribution >= 4 is 71.0 Å². The molecule has 1 rings (SSSR count). The van der Waals surface area contributed by atoms with Crippen LogP contribution in [0.3, 0.4) is 0 Å². The highest BCUT2D eigenvalue weighted by atomic mass is 16.5. The molecule has 0 radical (unpaired) electrons. The van der Waals surface area contributed by atoms with E-state index in [1.54, 1.807) is 13.8 Å². The molecule has 0 aromatic carbocycles. The molecule has 0 saturated carbocycles. The summed E-state index contributed by atoms with van der Waals surface area (Å²) in [6.07, 6.45) is 2.50. The van der Waals surface area contributed by atoms with Crippen molar-refractivity contribution in [1.82, 2.24) is 56.0 Å². The molecule has 1 aliphatic rings. The fraction of sp³-hybridized carbons (Fsp3) is 0.788. The van der Waals surface area contributed by atoms with E-state index in [4.69, 9.17) is 9.47 Å². The van der Waals surface area contributed by atoms with Crippen LogP contribution in [0.25, 0.3) is 0 Å². The van der Waals surface area contributed by atoms with Gasteiger partial charge in [0, 0.05) is 62.7 Å². The lowest BCUT2D eigenvalue weighted by atomic mass is 9.91. The normalized spacial score (nSPS) is 26.1. The maximum Gasteiger partial charge on any atom is 0.302 e. The molecule has 25 nitrogen and oxygen atoms in total. The molecular formula is C66H117N11O14. The summed E-state index contributed by atoms with van der Waals surface area (Å²) in [5.41, 5.74) is 0. The number of carbonyl (C=O) groups is 12. The number of likely N-dealkylation sites (N-methyl/N-ethyl adjacent to an activating group) is 6. The van der Waals surface area contributed by atoms with Gasteiger partial charge in [-0.1, -0.05) is 102 Å². The van der Waals surface area contributed by atoms with Crippen LogP contribution in [-0.2, 0) is 67.0 Å². The second-order valence-corrected chi connectivity index (χ2v) is 27.6. The lowest BCUT2D eigenvalue weighted by molar-refractivity contribution is -0.160. The maximum atomic E-state index is 15.5. The van der Waals surface area contributed by atoms with Crippen molar-refractivity contribution in [1.29, 1.82) is 0 Å². The van der Waals surface area contributed by atoms with Gasteiger partial charge in [-0.05, 0) is 108 Å². The molecule has 1 heterocycles. The first-order valence-electron chi connectivity index (χ1n) is 32.5. The molecule has 13 atom stereocenters. The first-order valence-corrected chi connectivity index (χ1v) is 32.5. The van der Waals surface area contributed by atoms with Gasteiger partial charge >= 0.3 is 11.9 Å². The van der Waals surface area contributed by atoms with Gasteiger partial charge in [-0.3, -0.25) is 57.5 Å². The molecule has 0 spiro atoms. The van der Waals surface area contributed by atoms with E-state index in [-0.39, 0.29) is 68.2 Å². The van der Waals surface area contributed by atoms with Crippen molar-refractivity contribution in [2.75, 3.05) is 55.4 Å². The second kappa shape index (κ2) is 38.4. The van der Waals surface area contributed by atoms with E-state index >= 15 is 9.59 Å². The summed E-state index contributed by atoms with van der Waals surface area (Å²) in [6, 6.07) is -12.0. The highest BCUT2D eigenvalue weighted by molar-refractivity contribution is 5.98. The average molecular weight is 1290 g/mol. The number of esters is 2. The van der Waals surface area contributed by atoms with E-state index in [0.29, 0.717) is 6.42 Å². The number of hydrogen-bond acceptors (Lipinski definition) is 15. The Hall–Kier alpha value is -6.66. The minimum Gasteiger partial charge on any atom is -0.461 e. The zero-order valence-corrected chi connectivity index (χ0v) is 59.7. The van der Waals surface area contributed by atoms with Gasteiger partial charge in [-0.25, -0.2) is 0 Å². The summed E-state index contributed by atoms with van der Waals surface area (Å²) in [5, 5.41) is 14.4. The highest BCUT2D eigenvalue weighted by Crippen LogP contribution is 2.26. The molecule has 10 amide bonds. The Kier molecular flexibility index (Phi) is 34.7. The van der Waals surface area contributed by atoms with Gasteiger partial charge in [-0.2, -0.15) is 0 Å². The number of carbonyl (C=O) groups excluding carboxylic acids is 12. The van der Waals surface area contributed by atoms with E-state index < -0.39 is 162 Å². The topological polar surface area (TPSA) is 303 Å². The number of ether oxygens (including phenoxy) is 2. The molecule has 0 aromatic rings. The molecule has 91 heavy (non-hydrogen) atoms. The van der Waals surface area contributed by atoms with E-state index in [1.807, 2.05) is 95.2 Å². The Labute approximate surface area is 543 Å². The van der Waals surface area contributed by atoms with Gasteiger partial charge in [0.25, 0.3) is 0 Å². The van der Waals surface area contributed by atoms with E-state index in [9.17, 15) is 47.9 Å². The van der Waals surface area contributed by atoms with Crippen LogP contribution < -0.4 is 26.6 Å². The van der Waals surface area contributed by atoms with Crippen LogP contribution in [0.4, 0.5) is 0 Å². The summed E-state index contributed by atoms with van der Waals surface area (Å²) in [4.78, 5) is 180. The summed E-state index contributed by atoms with van der Waals surface area (Å²) in [5.74, 6) is -9.85. The van der Waals surface area contributed by atoms with Crippen molar-refractivity contribution in [3.63, 3.8) is 0 Å². The van der Waals surface area contributed by atoms with Gasteiger partial charge in [0.1, 0.15) is 66.6 Å². The third kappa shape index (κ3) is 25.7. The Balaban J connectivity index is 4.49. The Morgan fingerprint density at radius 2 is 0.901 bits per heavy atom. The molecule has 1 saturated heterocycles. The monoisotopic (exact) mass is 1290 g/mol. The molecular weight excluding hydrogens is 1170 g/mol. The van der Waals surface area contributed by atoms with Crippen molar-refractivity contribution in [2.24, 2.45) is 41.4 Å². The molecule has 0 bridgehead atoms. The van der Waals surface area contributed by atoms with Crippen LogP contribution in [0.15, 0.2) is 12.2 Å². The predicted octanol–water partition coefficient (Wildman–Crippen LogP) is 3.90. The van der Waals surface area contributed by atoms with Crippen molar-refractivity contribution in [3.05, 3.63) is 12.2 Å². The van der Waals surface area contributed by atoms with Crippen LogP contribution in [0, 0.1) is 41.4 Å². The Bertz CT molecular complexity index is 2500. The van der Waals surface area contributed by atoms with E-state index in [1.165, 1.54) is 101 Å². The van der Waals surface area contributed by atoms with Gasteiger partial charge in [-0.15, -0.1) is 0 Å². The minimum atomic E-state index is -1.40. The van der Waals surface area contributed by atoms with E-state index in [0.717, 1.165) is 4.90 Å². The number of amides is 10. The SMILES string of the molecule is C/C=C/CC(C)C(OC(C)=O)[C@H]1CN[C@@H]([C@@H](C)OC(C)=O)C(=O)N(C)CC(=O)N(C)[C@@H](CC(C)C)C(=O)N[C@@H](CC(C)C)C(=O)N(C)[C@@H](CC(C)C)C(=O)N[C@@H](C)C(=O)N[C@H](C)C(=O)N(C)[C@@H](CC(C)C)C(=O)N[C@@H](CC(C)C)C(=O)N(C)[C@@H](C(C)C)C(=O)N1C. The third-order valence-electron chi connectivity index (χ3n) is 16.5. The first-order chi connectivity index (χ1) is 42.0. The van der Waals surface area contributed by atoms with Gasteiger partial charge < -0.3 is 65.5 Å².